The number of nitrogen functional groups attached to an aromatic ring is 1. The van der Waals surface area contributed by atoms with Crippen LogP contribution in [0, 0.1) is 6.92 Å². The number of anilines is 1. The molecule has 0 saturated heterocycles. The Hall–Kier alpha value is -1.75. The molecule has 0 bridgehead atoms. The maximum atomic E-state index is 11.9. The summed E-state index contributed by atoms with van der Waals surface area (Å²) in [6, 6.07) is 9.03. The van der Waals surface area contributed by atoms with Gasteiger partial charge in [0.2, 0.25) is 0 Å². The molecule has 0 spiro atoms. The van der Waals surface area contributed by atoms with Gasteiger partial charge < -0.3 is 15.0 Å². The maximum Gasteiger partial charge on any atom is 0.253 e. The molecule has 19 heavy (non-hydrogen) atoms. The normalized spacial score (nSPS) is 10.4. The minimum absolute atomic E-state index is 0.000578. The van der Waals surface area contributed by atoms with Crippen LogP contribution < -0.4 is 16.0 Å². The molecule has 0 fully saturated rings. The van der Waals surface area contributed by atoms with Gasteiger partial charge >= 0.3 is 0 Å². The number of nitrogens with zero attached hydrogens (tertiary/aromatic N) is 1. The van der Waals surface area contributed by atoms with Crippen LogP contribution in [0.2, 0.25) is 0 Å². The molecule has 0 saturated carbocycles. The molecular weight excluding hydrogens is 308 g/mol. The number of aryl methyl sites for hydroxylation is 1. The quantitative estimate of drug-likeness (QED) is 0.880. The summed E-state index contributed by atoms with van der Waals surface area (Å²) in [5.74, 6) is 0.708. The molecule has 0 aliphatic rings. The Morgan fingerprint density at radius 1 is 1.37 bits per heavy atom. The highest BCUT2D eigenvalue weighted by atomic mass is 79.9. The minimum Gasteiger partial charge on any atom is -0.492 e. The zero-order valence-corrected chi connectivity index (χ0v) is 12.2. The molecule has 1 aromatic heterocycles. The van der Waals surface area contributed by atoms with Crippen LogP contribution >= 0.6 is 15.9 Å². The first-order chi connectivity index (χ1) is 9.06. The monoisotopic (exact) mass is 322 g/mol. The molecule has 0 unspecified atom stereocenters. The van der Waals surface area contributed by atoms with Gasteiger partial charge in [-0.25, -0.2) is 0 Å². The van der Waals surface area contributed by atoms with E-state index >= 15 is 0 Å². The van der Waals surface area contributed by atoms with Crippen LogP contribution in [0.5, 0.6) is 5.75 Å². The second-order valence-corrected chi connectivity index (χ2v) is 5.18. The van der Waals surface area contributed by atoms with E-state index in [1.165, 1.54) is 0 Å². The molecule has 1 heterocycles. The molecule has 2 N–H and O–H groups in total. The van der Waals surface area contributed by atoms with Gasteiger partial charge in [0.25, 0.3) is 5.56 Å². The fraction of sp³-hybridized carbons (Fsp3) is 0.214. The average molecular weight is 323 g/mol. The predicted molar refractivity (Wildman–Crippen MR) is 79.5 cm³/mol. The lowest BCUT2D eigenvalue weighted by atomic mass is 10.3. The first kappa shape index (κ1) is 13.7. The smallest absolute Gasteiger partial charge is 0.253 e. The van der Waals surface area contributed by atoms with Gasteiger partial charge in [-0.15, -0.1) is 0 Å². The first-order valence-electron chi connectivity index (χ1n) is 5.91. The summed E-state index contributed by atoms with van der Waals surface area (Å²) in [6.45, 7) is 2.70. The summed E-state index contributed by atoms with van der Waals surface area (Å²) < 4.78 is 8.08. The van der Waals surface area contributed by atoms with Gasteiger partial charge in [0.15, 0.2) is 0 Å². The molecule has 0 radical (unpaired) electrons. The predicted octanol–water partition coefficient (Wildman–Crippen LogP) is 2.58. The standard InChI is InChI=1S/C14H15BrN2O2/c1-10-7-11(15)9-17(14(10)18)5-6-19-13-4-2-3-12(16)8-13/h2-4,7-9H,5-6,16H2,1H3. The van der Waals surface area contributed by atoms with E-state index in [-0.39, 0.29) is 5.56 Å². The summed E-state index contributed by atoms with van der Waals surface area (Å²) in [5.41, 5.74) is 7.03. The van der Waals surface area contributed by atoms with Crippen LogP contribution in [0.1, 0.15) is 5.56 Å². The summed E-state index contributed by atoms with van der Waals surface area (Å²) in [7, 11) is 0. The van der Waals surface area contributed by atoms with Crippen LogP contribution in [-0.2, 0) is 6.54 Å². The molecule has 2 rings (SSSR count). The Morgan fingerprint density at radius 2 is 2.16 bits per heavy atom. The second-order valence-electron chi connectivity index (χ2n) is 4.26. The van der Waals surface area contributed by atoms with Crippen molar-refractivity contribution in [3.05, 3.63) is 56.9 Å². The lowest BCUT2D eigenvalue weighted by Crippen LogP contribution is -2.24. The Morgan fingerprint density at radius 3 is 2.89 bits per heavy atom. The van der Waals surface area contributed by atoms with Gasteiger partial charge in [0.05, 0.1) is 6.54 Å². The van der Waals surface area contributed by atoms with Gasteiger partial charge in [-0.2, -0.15) is 0 Å². The third-order valence-corrected chi connectivity index (χ3v) is 3.12. The summed E-state index contributed by atoms with van der Waals surface area (Å²) in [6.07, 6.45) is 1.76. The number of ether oxygens (including phenoxy) is 1. The number of pyridine rings is 1. The molecule has 0 aliphatic carbocycles. The Bertz CT molecular complexity index is 638. The van der Waals surface area contributed by atoms with Gasteiger partial charge in [0.1, 0.15) is 12.4 Å². The van der Waals surface area contributed by atoms with Gasteiger partial charge in [-0.05, 0) is 41.1 Å². The Kier molecular flexibility index (Phi) is 4.27. The molecule has 4 nitrogen and oxygen atoms in total. The van der Waals surface area contributed by atoms with E-state index in [2.05, 4.69) is 15.9 Å². The van der Waals surface area contributed by atoms with Crippen molar-refractivity contribution in [2.45, 2.75) is 13.5 Å². The van der Waals surface area contributed by atoms with E-state index in [0.717, 1.165) is 4.47 Å². The van der Waals surface area contributed by atoms with Gasteiger partial charge in [-0.3, -0.25) is 4.79 Å². The highest BCUT2D eigenvalue weighted by molar-refractivity contribution is 9.10. The molecule has 1 aromatic carbocycles. The fourth-order valence-corrected chi connectivity index (χ4v) is 2.36. The largest absolute Gasteiger partial charge is 0.492 e. The Balaban J connectivity index is 2.02. The molecular formula is C14H15BrN2O2. The van der Waals surface area contributed by atoms with Crippen LogP contribution in [0.25, 0.3) is 0 Å². The van der Waals surface area contributed by atoms with E-state index in [0.29, 0.717) is 30.2 Å². The van der Waals surface area contributed by atoms with Crippen molar-refractivity contribution in [2.75, 3.05) is 12.3 Å². The van der Waals surface area contributed by atoms with E-state index in [1.54, 1.807) is 35.9 Å². The molecule has 100 valence electrons. The van der Waals surface area contributed by atoms with Crippen molar-refractivity contribution in [1.82, 2.24) is 4.57 Å². The molecule has 0 atom stereocenters. The van der Waals surface area contributed by atoms with E-state index < -0.39 is 0 Å². The SMILES string of the molecule is Cc1cc(Br)cn(CCOc2cccc(N)c2)c1=O. The zero-order chi connectivity index (χ0) is 13.8. The van der Waals surface area contributed by atoms with Gasteiger partial charge in [-0.1, -0.05) is 6.07 Å². The van der Waals surface area contributed by atoms with Crippen molar-refractivity contribution in [3.63, 3.8) is 0 Å². The molecule has 5 heteroatoms. The third kappa shape index (κ3) is 3.61. The van der Waals surface area contributed by atoms with Crippen molar-refractivity contribution >= 4 is 21.6 Å². The first-order valence-corrected chi connectivity index (χ1v) is 6.70. The fourth-order valence-electron chi connectivity index (χ4n) is 1.77. The highest BCUT2D eigenvalue weighted by Gasteiger charge is 2.02. The molecule has 0 amide bonds. The van der Waals surface area contributed by atoms with Crippen LogP contribution in [-0.4, -0.2) is 11.2 Å². The number of hydrogen-bond acceptors (Lipinski definition) is 3. The lowest BCUT2D eigenvalue weighted by molar-refractivity contribution is 0.296. The summed E-state index contributed by atoms with van der Waals surface area (Å²) in [5, 5.41) is 0. The number of nitrogens with two attached hydrogens (primary N) is 1. The molecule has 2 aromatic rings. The molecule has 0 aliphatic heterocycles. The second kappa shape index (κ2) is 5.93. The van der Waals surface area contributed by atoms with Crippen molar-refractivity contribution < 1.29 is 4.74 Å². The van der Waals surface area contributed by atoms with Crippen LogP contribution in [0.3, 0.4) is 0 Å². The van der Waals surface area contributed by atoms with E-state index in [4.69, 9.17) is 10.5 Å². The van der Waals surface area contributed by atoms with Gasteiger partial charge in [0, 0.05) is 28.0 Å². The maximum absolute atomic E-state index is 11.9. The lowest BCUT2D eigenvalue weighted by Gasteiger charge is -2.10. The highest BCUT2D eigenvalue weighted by Crippen LogP contribution is 2.14. The minimum atomic E-state index is -0.000578. The summed E-state index contributed by atoms with van der Waals surface area (Å²) >= 11 is 3.38. The van der Waals surface area contributed by atoms with Crippen molar-refractivity contribution in [2.24, 2.45) is 0 Å². The van der Waals surface area contributed by atoms with Crippen LogP contribution in [0.15, 0.2) is 45.8 Å². The summed E-state index contributed by atoms with van der Waals surface area (Å²) in [4.78, 5) is 11.9. The average Bonchev–Trinajstić information content (AvgIpc) is 2.35. The van der Waals surface area contributed by atoms with Crippen molar-refractivity contribution in [3.8, 4) is 5.75 Å². The van der Waals surface area contributed by atoms with E-state index in [1.807, 2.05) is 12.1 Å². The number of hydrogen-bond donors (Lipinski definition) is 1. The Labute approximate surface area is 119 Å². The van der Waals surface area contributed by atoms with Crippen molar-refractivity contribution in [1.29, 1.82) is 0 Å². The number of halogens is 1. The number of benzene rings is 1. The number of rotatable bonds is 4. The van der Waals surface area contributed by atoms with Crippen LogP contribution in [0.4, 0.5) is 5.69 Å². The third-order valence-electron chi connectivity index (χ3n) is 2.69. The zero-order valence-electron chi connectivity index (χ0n) is 10.6. The van der Waals surface area contributed by atoms with E-state index in [9.17, 15) is 4.79 Å². The topological polar surface area (TPSA) is 57.2 Å². The number of aromatic nitrogens is 1.